The van der Waals surface area contributed by atoms with Gasteiger partial charge in [0.15, 0.2) is 0 Å². The van der Waals surface area contributed by atoms with Crippen molar-refractivity contribution in [1.82, 2.24) is 0 Å². The third kappa shape index (κ3) is 2.19. The zero-order chi connectivity index (χ0) is 11.7. The Morgan fingerprint density at radius 3 is 2.75 bits per heavy atom. The summed E-state index contributed by atoms with van der Waals surface area (Å²) in [5, 5.41) is 0. The molecule has 2 N–H and O–H groups in total. The summed E-state index contributed by atoms with van der Waals surface area (Å²) in [4.78, 5) is 2.43. The molecule has 0 bridgehead atoms. The van der Waals surface area contributed by atoms with Gasteiger partial charge in [-0.1, -0.05) is 0 Å². The molecule has 0 aromatic heterocycles. The topological polar surface area (TPSA) is 29.3 Å². The number of nitrogens with two attached hydrogens (primary N) is 1. The van der Waals surface area contributed by atoms with Crippen molar-refractivity contribution in [2.75, 3.05) is 17.2 Å². The summed E-state index contributed by atoms with van der Waals surface area (Å²) >= 11 is 3.64. The van der Waals surface area contributed by atoms with E-state index in [0.717, 1.165) is 16.7 Å². The lowest BCUT2D eigenvalue weighted by atomic mass is 10.0. The first-order valence-electron chi connectivity index (χ1n) is 5.92. The van der Waals surface area contributed by atoms with Crippen molar-refractivity contribution in [1.29, 1.82) is 0 Å². The van der Waals surface area contributed by atoms with Crippen LogP contribution in [-0.4, -0.2) is 12.6 Å². The molecule has 0 radical (unpaired) electrons. The fraction of sp³-hybridized carbons (Fsp3) is 0.538. The monoisotopic (exact) mass is 282 g/mol. The van der Waals surface area contributed by atoms with Crippen LogP contribution in [-0.2, 0) is 0 Å². The van der Waals surface area contributed by atoms with E-state index in [0.29, 0.717) is 6.04 Å². The number of nitrogens with zero attached hydrogens (tertiary/aromatic N) is 1. The van der Waals surface area contributed by atoms with Gasteiger partial charge in [-0.2, -0.15) is 0 Å². The summed E-state index contributed by atoms with van der Waals surface area (Å²) in [5.74, 6) is 0. The summed E-state index contributed by atoms with van der Waals surface area (Å²) in [5.41, 5.74) is 9.42. The van der Waals surface area contributed by atoms with Crippen LogP contribution in [0.5, 0.6) is 0 Å². The molecule has 0 amide bonds. The van der Waals surface area contributed by atoms with Gasteiger partial charge in [-0.15, -0.1) is 0 Å². The molecule has 2 nitrogen and oxygen atoms in total. The Kier molecular flexibility index (Phi) is 3.43. The number of aryl methyl sites for hydroxylation is 1. The van der Waals surface area contributed by atoms with Crippen LogP contribution < -0.4 is 10.6 Å². The molecule has 0 aliphatic carbocycles. The van der Waals surface area contributed by atoms with Crippen LogP contribution in [0, 0.1) is 6.92 Å². The zero-order valence-electron chi connectivity index (χ0n) is 9.96. The van der Waals surface area contributed by atoms with Gasteiger partial charge in [0.05, 0.1) is 11.4 Å². The number of piperidine rings is 1. The molecule has 1 aromatic rings. The Labute approximate surface area is 106 Å². The van der Waals surface area contributed by atoms with E-state index in [1.165, 1.54) is 30.5 Å². The van der Waals surface area contributed by atoms with Crippen LogP contribution in [0.1, 0.15) is 31.7 Å². The van der Waals surface area contributed by atoms with E-state index in [1.54, 1.807) is 0 Å². The van der Waals surface area contributed by atoms with Crippen LogP contribution in [0.15, 0.2) is 16.6 Å². The van der Waals surface area contributed by atoms with E-state index in [2.05, 4.69) is 46.8 Å². The quantitative estimate of drug-likeness (QED) is 0.796. The van der Waals surface area contributed by atoms with Crippen LogP contribution in [0.2, 0.25) is 0 Å². The van der Waals surface area contributed by atoms with Crippen LogP contribution in [0.25, 0.3) is 0 Å². The number of benzene rings is 1. The summed E-state index contributed by atoms with van der Waals surface area (Å²) in [7, 11) is 0. The van der Waals surface area contributed by atoms with Crippen molar-refractivity contribution >= 4 is 27.3 Å². The molecule has 1 aliphatic heterocycles. The highest BCUT2D eigenvalue weighted by Gasteiger charge is 2.22. The smallest absolute Gasteiger partial charge is 0.0746 e. The van der Waals surface area contributed by atoms with E-state index in [9.17, 15) is 0 Å². The molecule has 1 atom stereocenters. The molecular weight excluding hydrogens is 264 g/mol. The maximum atomic E-state index is 6.14. The Morgan fingerprint density at radius 2 is 2.12 bits per heavy atom. The van der Waals surface area contributed by atoms with Gasteiger partial charge in [-0.3, -0.25) is 0 Å². The molecule has 1 aromatic carbocycles. The molecule has 0 saturated carbocycles. The third-order valence-corrected chi connectivity index (χ3v) is 3.93. The lowest BCUT2D eigenvalue weighted by Gasteiger charge is -2.36. The highest BCUT2D eigenvalue weighted by atomic mass is 79.9. The molecule has 3 heteroatoms. The van der Waals surface area contributed by atoms with Gasteiger partial charge in [0.1, 0.15) is 0 Å². The highest BCUT2D eigenvalue weighted by molar-refractivity contribution is 9.10. The van der Waals surface area contributed by atoms with Gasteiger partial charge in [-0.05, 0) is 66.7 Å². The number of anilines is 2. The van der Waals surface area contributed by atoms with Gasteiger partial charge in [-0.25, -0.2) is 0 Å². The second-order valence-corrected chi connectivity index (χ2v) is 5.58. The number of nitrogen functional groups attached to an aromatic ring is 1. The van der Waals surface area contributed by atoms with Crippen LogP contribution >= 0.6 is 15.9 Å². The molecule has 1 saturated heterocycles. The lowest BCUT2D eigenvalue weighted by Crippen LogP contribution is -2.38. The Balaban J connectivity index is 2.38. The molecular formula is C13H19BrN2. The first kappa shape index (κ1) is 11.8. The second-order valence-electron chi connectivity index (χ2n) is 4.72. The average Bonchev–Trinajstić information content (AvgIpc) is 2.19. The standard InChI is InChI=1S/C13H19BrN2/c1-9-7-11(14)13(12(15)8-9)16-6-4-3-5-10(16)2/h7-8,10H,3-6,15H2,1-2H3/t10-/m0/s1. The van der Waals surface area contributed by atoms with Crippen molar-refractivity contribution in [3.63, 3.8) is 0 Å². The number of rotatable bonds is 1. The molecule has 88 valence electrons. The Hall–Kier alpha value is -0.700. The second kappa shape index (κ2) is 4.66. The molecule has 0 unspecified atom stereocenters. The van der Waals surface area contributed by atoms with E-state index < -0.39 is 0 Å². The Bertz CT molecular complexity index is 367. The third-order valence-electron chi connectivity index (χ3n) is 3.33. The van der Waals surface area contributed by atoms with Crippen molar-refractivity contribution in [2.24, 2.45) is 0 Å². The summed E-state index contributed by atoms with van der Waals surface area (Å²) < 4.78 is 1.12. The maximum absolute atomic E-state index is 6.14. The van der Waals surface area contributed by atoms with Crippen LogP contribution in [0.3, 0.4) is 0 Å². The predicted octanol–water partition coefficient (Wildman–Crippen LogP) is 3.72. The first-order chi connectivity index (χ1) is 7.59. The average molecular weight is 283 g/mol. The van der Waals surface area contributed by atoms with Gasteiger partial charge in [0, 0.05) is 17.1 Å². The number of halogens is 1. The van der Waals surface area contributed by atoms with Crippen molar-refractivity contribution in [2.45, 2.75) is 39.2 Å². The Morgan fingerprint density at radius 1 is 1.38 bits per heavy atom. The van der Waals surface area contributed by atoms with E-state index in [-0.39, 0.29) is 0 Å². The fourth-order valence-corrected chi connectivity index (χ4v) is 3.31. The number of hydrogen-bond donors (Lipinski definition) is 1. The molecule has 1 fully saturated rings. The van der Waals surface area contributed by atoms with Gasteiger partial charge in [0.2, 0.25) is 0 Å². The van der Waals surface area contributed by atoms with Gasteiger partial charge >= 0.3 is 0 Å². The summed E-state index contributed by atoms with van der Waals surface area (Å²) in [6, 6.07) is 4.80. The number of hydrogen-bond acceptors (Lipinski definition) is 2. The van der Waals surface area contributed by atoms with Crippen LogP contribution in [0.4, 0.5) is 11.4 Å². The largest absolute Gasteiger partial charge is 0.397 e. The minimum atomic E-state index is 0.593. The molecule has 1 aliphatic rings. The highest BCUT2D eigenvalue weighted by Crippen LogP contribution is 2.37. The predicted molar refractivity (Wildman–Crippen MR) is 74.0 cm³/mol. The van der Waals surface area contributed by atoms with Gasteiger partial charge in [0.25, 0.3) is 0 Å². The zero-order valence-corrected chi connectivity index (χ0v) is 11.5. The molecule has 1 heterocycles. The van der Waals surface area contributed by atoms with Crippen molar-refractivity contribution < 1.29 is 0 Å². The van der Waals surface area contributed by atoms with E-state index in [1.807, 2.05) is 0 Å². The maximum Gasteiger partial charge on any atom is 0.0746 e. The molecule has 0 spiro atoms. The first-order valence-corrected chi connectivity index (χ1v) is 6.71. The summed E-state index contributed by atoms with van der Waals surface area (Å²) in [6.07, 6.45) is 3.87. The fourth-order valence-electron chi connectivity index (χ4n) is 2.49. The van der Waals surface area contributed by atoms with Gasteiger partial charge < -0.3 is 10.6 Å². The summed E-state index contributed by atoms with van der Waals surface area (Å²) in [6.45, 7) is 5.47. The SMILES string of the molecule is Cc1cc(N)c(N2CCCC[C@@H]2C)c(Br)c1. The normalized spacial score (nSPS) is 21.2. The molecule has 2 rings (SSSR count). The minimum Gasteiger partial charge on any atom is -0.397 e. The van der Waals surface area contributed by atoms with E-state index in [4.69, 9.17) is 5.73 Å². The van der Waals surface area contributed by atoms with Crippen molar-refractivity contribution in [3.05, 3.63) is 22.2 Å². The van der Waals surface area contributed by atoms with Crippen molar-refractivity contribution in [3.8, 4) is 0 Å². The lowest BCUT2D eigenvalue weighted by molar-refractivity contribution is 0.485. The van der Waals surface area contributed by atoms with E-state index >= 15 is 0 Å². The molecule has 16 heavy (non-hydrogen) atoms. The minimum absolute atomic E-state index is 0.593.